The molecule has 0 saturated carbocycles. The smallest absolute Gasteiger partial charge is 0.410 e. The molecule has 0 radical (unpaired) electrons. The predicted molar refractivity (Wildman–Crippen MR) is 64.2 cm³/mol. The Morgan fingerprint density at radius 3 is 2.41 bits per heavy atom. The molecule has 1 heterocycles. The van der Waals surface area contributed by atoms with Crippen LogP contribution in [0.3, 0.4) is 0 Å². The highest BCUT2D eigenvalue weighted by molar-refractivity contribution is 5.68. The van der Waals surface area contributed by atoms with Gasteiger partial charge >= 0.3 is 6.09 Å². The van der Waals surface area contributed by atoms with Gasteiger partial charge in [0.15, 0.2) is 5.79 Å². The molecule has 0 saturated heterocycles. The Morgan fingerprint density at radius 2 is 2.06 bits per heavy atom. The fourth-order valence-corrected chi connectivity index (χ4v) is 1.61. The van der Waals surface area contributed by atoms with E-state index in [1.807, 2.05) is 20.8 Å². The van der Waals surface area contributed by atoms with Crippen molar-refractivity contribution in [2.45, 2.75) is 45.5 Å². The number of nitrogens with zero attached hydrogens (tertiary/aromatic N) is 1. The van der Waals surface area contributed by atoms with Crippen LogP contribution in [-0.4, -0.2) is 35.5 Å². The van der Waals surface area contributed by atoms with Crippen LogP contribution in [0.1, 0.15) is 34.1 Å². The van der Waals surface area contributed by atoms with Crippen molar-refractivity contribution in [2.75, 3.05) is 13.1 Å². The van der Waals surface area contributed by atoms with E-state index in [1.165, 1.54) is 6.92 Å². The van der Waals surface area contributed by atoms with E-state index in [0.29, 0.717) is 25.1 Å². The molecule has 0 spiro atoms. The molecule has 1 amide bonds. The number of carbonyl (C=O) groups excluding carboxylic acids is 1. The lowest BCUT2D eigenvalue weighted by molar-refractivity contribution is 0.0258. The summed E-state index contributed by atoms with van der Waals surface area (Å²) in [5.74, 6) is -1.79. The SMILES string of the molecule is CC(C)(C)OC(=O)N1CC=C(C(C)(N)F)CC1. The number of hydrogen-bond donors (Lipinski definition) is 1. The number of carbonyl (C=O) groups is 1. The first-order valence-electron chi connectivity index (χ1n) is 5.75. The first-order chi connectivity index (χ1) is 7.59. The fraction of sp³-hybridized carbons (Fsp3) is 0.750. The Hall–Kier alpha value is -1.10. The van der Waals surface area contributed by atoms with E-state index in [1.54, 1.807) is 11.0 Å². The highest BCUT2D eigenvalue weighted by Crippen LogP contribution is 2.23. The predicted octanol–water partition coefficient (Wildman–Crippen LogP) is 2.20. The number of hydrogen-bond acceptors (Lipinski definition) is 3. The molecule has 0 aromatic rings. The van der Waals surface area contributed by atoms with Gasteiger partial charge in [0.2, 0.25) is 0 Å². The van der Waals surface area contributed by atoms with Gasteiger partial charge in [-0.2, -0.15) is 0 Å². The highest BCUT2D eigenvalue weighted by Gasteiger charge is 2.29. The van der Waals surface area contributed by atoms with Crippen molar-refractivity contribution in [1.29, 1.82) is 0 Å². The quantitative estimate of drug-likeness (QED) is 0.568. The minimum atomic E-state index is -1.79. The van der Waals surface area contributed by atoms with Crippen LogP contribution in [0.15, 0.2) is 11.6 Å². The lowest BCUT2D eigenvalue weighted by atomic mass is 10.0. The first-order valence-corrected chi connectivity index (χ1v) is 5.75. The van der Waals surface area contributed by atoms with Crippen molar-refractivity contribution in [3.05, 3.63) is 11.6 Å². The maximum absolute atomic E-state index is 13.4. The van der Waals surface area contributed by atoms with Crippen LogP contribution < -0.4 is 5.73 Å². The van der Waals surface area contributed by atoms with Gasteiger partial charge in [-0.3, -0.25) is 5.73 Å². The van der Waals surface area contributed by atoms with Crippen LogP contribution in [0, 0.1) is 0 Å². The third kappa shape index (κ3) is 4.34. The van der Waals surface area contributed by atoms with Crippen LogP contribution in [0.4, 0.5) is 9.18 Å². The van der Waals surface area contributed by atoms with Crippen LogP contribution in [0.2, 0.25) is 0 Å². The van der Waals surface area contributed by atoms with Gasteiger partial charge in [-0.1, -0.05) is 6.08 Å². The van der Waals surface area contributed by atoms with Crippen molar-refractivity contribution in [3.63, 3.8) is 0 Å². The standard InChI is InChI=1S/C12H21FN2O2/c1-11(2,3)17-10(16)15-7-5-9(6-8-15)12(4,13)14/h5H,6-8,14H2,1-4H3. The number of alkyl halides is 1. The Kier molecular flexibility index (Phi) is 3.81. The van der Waals surface area contributed by atoms with Gasteiger partial charge in [-0.25, -0.2) is 9.18 Å². The van der Waals surface area contributed by atoms with Gasteiger partial charge in [-0.15, -0.1) is 0 Å². The van der Waals surface area contributed by atoms with Gasteiger partial charge < -0.3 is 9.64 Å². The molecular formula is C12H21FN2O2. The summed E-state index contributed by atoms with van der Waals surface area (Å²) in [7, 11) is 0. The zero-order valence-electron chi connectivity index (χ0n) is 10.9. The van der Waals surface area contributed by atoms with Gasteiger partial charge in [0.25, 0.3) is 0 Å². The van der Waals surface area contributed by atoms with E-state index < -0.39 is 11.4 Å². The van der Waals surface area contributed by atoms with E-state index in [0.717, 1.165) is 0 Å². The highest BCUT2D eigenvalue weighted by atomic mass is 19.1. The summed E-state index contributed by atoms with van der Waals surface area (Å²) in [5.41, 5.74) is 5.39. The van der Waals surface area contributed by atoms with E-state index in [2.05, 4.69) is 0 Å². The third-order valence-electron chi connectivity index (χ3n) is 2.49. The second-order valence-electron chi connectivity index (χ2n) is 5.48. The second-order valence-corrected chi connectivity index (χ2v) is 5.48. The number of amides is 1. The molecule has 98 valence electrons. The summed E-state index contributed by atoms with van der Waals surface area (Å²) in [4.78, 5) is 13.3. The van der Waals surface area contributed by atoms with Gasteiger partial charge in [0.05, 0.1) is 0 Å². The fourth-order valence-electron chi connectivity index (χ4n) is 1.61. The summed E-state index contributed by atoms with van der Waals surface area (Å²) in [5, 5.41) is 0. The molecule has 0 aromatic carbocycles. The maximum atomic E-state index is 13.4. The third-order valence-corrected chi connectivity index (χ3v) is 2.49. The van der Waals surface area contributed by atoms with E-state index in [9.17, 15) is 9.18 Å². The zero-order chi connectivity index (χ0) is 13.3. The summed E-state index contributed by atoms with van der Waals surface area (Å²) >= 11 is 0. The Morgan fingerprint density at radius 1 is 1.47 bits per heavy atom. The molecule has 0 bridgehead atoms. The number of ether oxygens (including phenoxy) is 1. The lowest BCUT2D eigenvalue weighted by Crippen LogP contribution is -2.42. The van der Waals surface area contributed by atoms with Crippen LogP contribution in [0.25, 0.3) is 0 Å². The molecule has 17 heavy (non-hydrogen) atoms. The van der Waals surface area contributed by atoms with Crippen molar-refractivity contribution < 1.29 is 13.9 Å². The van der Waals surface area contributed by atoms with Crippen molar-refractivity contribution >= 4 is 6.09 Å². The number of rotatable bonds is 1. The molecule has 1 aliphatic heterocycles. The number of halogens is 1. The summed E-state index contributed by atoms with van der Waals surface area (Å²) in [6, 6.07) is 0. The average Bonchev–Trinajstić information content (AvgIpc) is 2.14. The molecule has 5 heteroatoms. The Labute approximate surface area is 102 Å². The zero-order valence-corrected chi connectivity index (χ0v) is 10.9. The Balaban J connectivity index is 2.58. The molecule has 1 rings (SSSR count). The molecule has 0 aromatic heterocycles. The molecule has 1 unspecified atom stereocenters. The summed E-state index contributed by atoms with van der Waals surface area (Å²) in [6.45, 7) is 7.55. The van der Waals surface area contributed by atoms with Crippen LogP contribution in [0.5, 0.6) is 0 Å². The lowest BCUT2D eigenvalue weighted by Gasteiger charge is -2.31. The van der Waals surface area contributed by atoms with E-state index in [-0.39, 0.29) is 6.09 Å². The van der Waals surface area contributed by atoms with Crippen molar-refractivity contribution in [2.24, 2.45) is 5.73 Å². The molecule has 4 nitrogen and oxygen atoms in total. The van der Waals surface area contributed by atoms with Crippen LogP contribution in [-0.2, 0) is 4.74 Å². The molecule has 0 aliphatic carbocycles. The number of nitrogens with two attached hydrogens (primary N) is 1. The topological polar surface area (TPSA) is 55.6 Å². The molecule has 2 N–H and O–H groups in total. The maximum Gasteiger partial charge on any atom is 0.410 e. The monoisotopic (exact) mass is 244 g/mol. The largest absolute Gasteiger partial charge is 0.444 e. The molecular weight excluding hydrogens is 223 g/mol. The minimum absolute atomic E-state index is 0.348. The van der Waals surface area contributed by atoms with E-state index >= 15 is 0 Å². The van der Waals surface area contributed by atoms with Gasteiger partial charge in [0, 0.05) is 13.1 Å². The van der Waals surface area contributed by atoms with Gasteiger partial charge in [0.1, 0.15) is 5.60 Å². The minimum Gasteiger partial charge on any atom is -0.444 e. The van der Waals surface area contributed by atoms with Gasteiger partial charge in [-0.05, 0) is 39.7 Å². The van der Waals surface area contributed by atoms with E-state index in [4.69, 9.17) is 10.5 Å². The normalized spacial score (nSPS) is 20.6. The Bertz CT molecular complexity index is 326. The molecule has 1 aliphatic rings. The average molecular weight is 244 g/mol. The van der Waals surface area contributed by atoms with Crippen molar-refractivity contribution in [3.8, 4) is 0 Å². The molecule has 1 atom stereocenters. The molecule has 0 fully saturated rings. The van der Waals surface area contributed by atoms with Crippen molar-refractivity contribution in [1.82, 2.24) is 4.90 Å². The summed E-state index contributed by atoms with van der Waals surface area (Å²) < 4.78 is 18.7. The first kappa shape index (κ1) is 14.0. The summed E-state index contributed by atoms with van der Waals surface area (Å²) in [6.07, 6.45) is 1.74. The van der Waals surface area contributed by atoms with Crippen LogP contribution >= 0.6 is 0 Å². The second kappa shape index (κ2) is 4.64.